The van der Waals surface area contributed by atoms with E-state index in [1.165, 1.54) is 17.0 Å². The van der Waals surface area contributed by atoms with Gasteiger partial charge in [0.05, 0.1) is 13.1 Å². The number of halogens is 4. The highest BCUT2D eigenvalue weighted by Crippen LogP contribution is 2.23. The Morgan fingerprint density at radius 3 is 1.79 bits per heavy atom. The van der Waals surface area contributed by atoms with Crippen LogP contribution in [0.2, 0.25) is 5.02 Å². The fourth-order valence-corrected chi connectivity index (χ4v) is 2.35. The van der Waals surface area contributed by atoms with Crippen molar-refractivity contribution in [2.24, 2.45) is 0 Å². The topological polar surface area (TPSA) is 70.7 Å². The minimum atomic E-state index is -4.78. The molecular formula is C18H17ClF3N3O3. The number of hydrogen-bond acceptors (Lipinski definition) is 4. The van der Waals surface area contributed by atoms with Gasteiger partial charge in [-0.3, -0.25) is 14.5 Å². The van der Waals surface area contributed by atoms with Gasteiger partial charge in [-0.25, -0.2) is 0 Å². The molecule has 0 spiro atoms. The van der Waals surface area contributed by atoms with E-state index in [0.717, 1.165) is 12.1 Å². The molecular weight excluding hydrogens is 399 g/mol. The van der Waals surface area contributed by atoms with Gasteiger partial charge in [0.25, 0.3) is 0 Å². The Morgan fingerprint density at radius 2 is 1.36 bits per heavy atom. The predicted octanol–water partition coefficient (Wildman–Crippen LogP) is 3.75. The van der Waals surface area contributed by atoms with Crippen molar-refractivity contribution < 1.29 is 27.5 Å². The lowest BCUT2D eigenvalue weighted by molar-refractivity contribution is -0.274. The van der Waals surface area contributed by atoms with Crippen LogP contribution in [0.5, 0.6) is 5.75 Å². The Hall–Kier alpha value is -2.78. The molecule has 0 atom stereocenters. The normalized spacial score (nSPS) is 11.2. The Morgan fingerprint density at radius 1 is 0.929 bits per heavy atom. The van der Waals surface area contributed by atoms with E-state index in [-0.39, 0.29) is 24.7 Å². The molecule has 28 heavy (non-hydrogen) atoms. The van der Waals surface area contributed by atoms with Crippen molar-refractivity contribution in [2.45, 2.75) is 6.36 Å². The molecule has 0 unspecified atom stereocenters. The van der Waals surface area contributed by atoms with Gasteiger partial charge in [-0.1, -0.05) is 11.6 Å². The van der Waals surface area contributed by atoms with Crippen LogP contribution in [0.3, 0.4) is 0 Å². The van der Waals surface area contributed by atoms with E-state index in [2.05, 4.69) is 15.4 Å². The van der Waals surface area contributed by atoms with Crippen molar-refractivity contribution >= 4 is 34.8 Å². The third-order valence-electron chi connectivity index (χ3n) is 3.33. The second-order valence-corrected chi connectivity index (χ2v) is 6.28. The third kappa shape index (κ3) is 7.85. The van der Waals surface area contributed by atoms with E-state index in [0.29, 0.717) is 16.4 Å². The summed E-state index contributed by atoms with van der Waals surface area (Å²) < 4.78 is 40.1. The second kappa shape index (κ2) is 9.43. The Bertz CT molecular complexity index is 812. The summed E-state index contributed by atoms with van der Waals surface area (Å²) in [5.41, 5.74) is 0.881. The molecule has 0 bridgehead atoms. The number of likely N-dealkylation sites (N-methyl/N-ethyl adjacent to an activating group) is 1. The molecule has 150 valence electrons. The molecule has 0 aliphatic heterocycles. The van der Waals surface area contributed by atoms with Crippen LogP contribution in [0.25, 0.3) is 0 Å². The van der Waals surface area contributed by atoms with Crippen molar-refractivity contribution in [3.8, 4) is 5.75 Å². The quantitative estimate of drug-likeness (QED) is 0.722. The largest absolute Gasteiger partial charge is 0.573 e. The van der Waals surface area contributed by atoms with E-state index >= 15 is 0 Å². The Kier molecular flexibility index (Phi) is 7.24. The summed E-state index contributed by atoms with van der Waals surface area (Å²) in [5, 5.41) is 5.75. The Balaban J connectivity index is 1.78. The van der Waals surface area contributed by atoms with E-state index in [1.807, 2.05) is 0 Å². The fraction of sp³-hybridized carbons (Fsp3) is 0.222. The Labute approximate surface area is 164 Å². The maximum absolute atomic E-state index is 12.1. The number of alkyl halides is 3. The number of ether oxygens (including phenoxy) is 1. The highest BCUT2D eigenvalue weighted by molar-refractivity contribution is 6.30. The van der Waals surface area contributed by atoms with Gasteiger partial charge < -0.3 is 15.4 Å². The molecule has 0 fully saturated rings. The first kappa shape index (κ1) is 21.5. The molecule has 0 heterocycles. The summed E-state index contributed by atoms with van der Waals surface area (Å²) in [7, 11) is 1.58. The molecule has 0 saturated heterocycles. The summed E-state index contributed by atoms with van der Waals surface area (Å²) >= 11 is 5.77. The van der Waals surface area contributed by atoms with Gasteiger partial charge >= 0.3 is 6.36 Å². The smallest absolute Gasteiger partial charge is 0.406 e. The zero-order valence-electron chi connectivity index (χ0n) is 14.7. The van der Waals surface area contributed by atoms with Crippen LogP contribution in [-0.4, -0.2) is 43.2 Å². The van der Waals surface area contributed by atoms with E-state index in [9.17, 15) is 22.8 Å². The zero-order chi connectivity index (χ0) is 20.7. The van der Waals surface area contributed by atoms with Gasteiger partial charge in [-0.05, 0) is 55.6 Å². The number of hydrogen-bond donors (Lipinski definition) is 2. The molecule has 2 rings (SSSR count). The molecule has 6 nitrogen and oxygen atoms in total. The first-order valence-electron chi connectivity index (χ1n) is 8.00. The van der Waals surface area contributed by atoms with E-state index < -0.39 is 12.3 Å². The van der Waals surface area contributed by atoms with Crippen LogP contribution in [0.1, 0.15) is 0 Å². The molecule has 0 aliphatic rings. The predicted molar refractivity (Wildman–Crippen MR) is 99.3 cm³/mol. The fourth-order valence-electron chi connectivity index (χ4n) is 2.22. The molecule has 2 aromatic rings. The lowest BCUT2D eigenvalue weighted by Gasteiger charge is -2.16. The van der Waals surface area contributed by atoms with E-state index in [1.54, 1.807) is 31.3 Å². The first-order chi connectivity index (χ1) is 13.1. The molecule has 0 radical (unpaired) electrons. The number of carbonyl (C=O) groups is 2. The maximum Gasteiger partial charge on any atom is 0.573 e. The molecule has 2 N–H and O–H groups in total. The van der Waals surface area contributed by atoms with Crippen molar-refractivity contribution in [1.82, 2.24) is 4.90 Å². The second-order valence-electron chi connectivity index (χ2n) is 5.85. The summed E-state index contributed by atoms with van der Waals surface area (Å²) in [6.07, 6.45) is -4.78. The van der Waals surface area contributed by atoms with Crippen LogP contribution in [0.15, 0.2) is 48.5 Å². The zero-order valence-corrected chi connectivity index (χ0v) is 15.5. The van der Waals surface area contributed by atoms with Gasteiger partial charge in [0.2, 0.25) is 11.8 Å². The third-order valence-corrected chi connectivity index (χ3v) is 3.58. The van der Waals surface area contributed by atoms with Crippen LogP contribution < -0.4 is 15.4 Å². The minimum Gasteiger partial charge on any atom is -0.406 e. The summed E-state index contributed by atoms with van der Waals surface area (Å²) in [4.78, 5) is 25.5. The highest BCUT2D eigenvalue weighted by atomic mass is 35.5. The summed E-state index contributed by atoms with van der Waals surface area (Å²) in [6, 6.07) is 11.3. The van der Waals surface area contributed by atoms with E-state index in [4.69, 9.17) is 11.6 Å². The molecule has 2 amide bonds. The number of rotatable bonds is 7. The van der Waals surface area contributed by atoms with Crippen molar-refractivity contribution in [3.05, 3.63) is 53.6 Å². The monoisotopic (exact) mass is 415 g/mol. The number of carbonyl (C=O) groups excluding carboxylic acids is 2. The number of nitrogens with one attached hydrogen (secondary N) is 2. The van der Waals surface area contributed by atoms with Crippen LogP contribution in [0.4, 0.5) is 24.5 Å². The minimum absolute atomic E-state index is 0.0333. The number of anilines is 2. The summed E-state index contributed by atoms with van der Waals surface area (Å²) in [6.45, 7) is -0.122. The number of benzene rings is 2. The van der Waals surface area contributed by atoms with Gasteiger partial charge in [0.15, 0.2) is 0 Å². The van der Waals surface area contributed by atoms with Gasteiger partial charge in [-0.15, -0.1) is 13.2 Å². The number of nitrogens with zero attached hydrogens (tertiary/aromatic N) is 1. The van der Waals surface area contributed by atoms with Crippen LogP contribution in [-0.2, 0) is 9.59 Å². The highest BCUT2D eigenvalue weighted by Gasteiger charge is 2.30. The van der Waals surface area contributed by atoms with Crippen LogP contribution >= 0.6 is 11.6 Å². The lowest BCUT2D eigenvalue weighted by atomic mass is 10.3. The SMILES string of the molecule is CN(CC(=O)Nc1ccc(Cl)cc1)CC(=O)Nc1ccc(OC(F)(F)F)cc1. The lowest BCUT2D eigenvalue weighted by Crippen LogP contribution is -2.36. The molecule has 10 heteroatoms. The molecule has 2 aromatic carbocycles. The first-order valence-corrected chi connectivity index (χ1v) is 8.38. The van der Waals surface area contributed by atoms with Crippen molar-refractivity contribution in [1.29, 1.82) is 0 Å². The molecule has 0 aromatic heterocycles. The summed E-state index contributed by atoms with van der Waals surface area (Å²) in [5.74, 6) is -1.13. The molecule has 0 aliphatic carbocycles. The van der Waals surface area contributed by atoms with Gasteiger partial charge in [0, 0.05) is 16.4 Å². The van der Waals surface area contributed by atoms with Crippen LogP contribution in [0, 0.1) is 0 Å². The maximum atomic E-state index is 12.1. The van der Waals surface area contributed by atoms with Crippen molar-refractivity contribution in [2.75, 3.05) is 30.8 Å². The average Bonchev–Trinajstić information content (AvgIpc) is 2.57. The van der Waals surface area contributed by atoms with Crippen molar-refractivity contribution in [3.63, 3.8) is 0 Å². The standard InChI is InChI=1S/C18H17ClF3N3O3/c1-25(10-16(26)23-13-4-2-12(19)3-5-13)11-17(27)24-14-6-8-15(9-7-14)28-18(20,21)22/h2-9H,10-11H2,1H3,(H,23,26)(H,24,27). The van der Waals surface area contributed by atoms with Gasteiger partial charge in [-0.2, -0.15) is 0 Å². The van der Waals surface area contributed by atoms with Gasteiger partial charge in [0.1, 0.15) is 5.75 Å². The number of amides is 2. The molecule has 0 saturated carbocycles. The average molecular weight is 416 g/mol.